The number of pyridine rings is 1. The Labute approximate surface area is 111 Å². The standard InChI is InChI=1S/C15H16F2N2/c1-11-4-13(10-19-8-11)9-18-3-2-12-5-14(16)7-15(17)6-12/h4-8,10,18H,2-3,9H2,1H3. The summed E-state index contributed by atoms with van der Waals surface area (Å²) in [6, 6.07) is 5.66. The Hall–Kier alpha value is -1.81. The molecular weight excluding hydrogens is 246 g/mol. The molecule has 1 N–H and O–H groups in total. The second kappa shape index (κ2) is 6.38. The average Bonchev–Trinajstić information content (AvgIpc) is 2.34. The van der Waals surface area contributed by atoms with Crippen LogP contribution in [0.4, 0.5) is 8.78 Å². The zero-order chi connectivity index (χ0) is 13.7. The summed E-state index contributed by atoms with van der Waals surface area (Å²) in [5.41, 5.74) is 2.88. The highest BCUT2D eigenvalue weighted by Crippen LogP contribution is 2.08. The summed E-state index contributed by atoms with van der Waals surface area (Å²) >= 11 is 0. The van der Waals surface area contributed by atoms with Crippen molar-refractivity contribution in [2.75, 3.05) is 6.54 Å². The highest BCUT2D eigenvalue weighted by Gasteiger charge is 2.00. The molecule has 2 aromatic rings. The monoisotopic (exact) mass is 262 g/mol. The van der Waals surface area contributed by atoms with Gasteiger partial charge in [-0.1, -0.05) is 6.07 Å². The highest BCUT2D eigenvalue weighted by molar-refractivity contribution is 5.18. The van der Waals surface area contributed by atoms with E-state index in [4.69, 9.17) is 0 Å². The molecular formula is C15H16F2N2. The number of nitrogens with zero attached hydrogens (tertiary/aromatic N) is 1. The molecule has 0 aliphatic rings. The van der Waals surface area contributed by atoms with Crippen molar-refractivity contribution in [2.24, 2.45) is 0 Å². The third-order valence-electron chi connectivity index (χ3n) is 2.77. The van der Waals surface area contributed by atoms with Gasteiger partial charge in [-0.2, -0.15) is 0 Å². The molecule has 0 spiro atoms. The maximum absolute atomic E-state index is 13.0. The Morgan fingerprint density at radius 2 is 1.74 bits per heavy atom. The molecule has 0 radical (unpaired) electrons. The van der Waals surface area contributed by atoms with E-state index in [1.54, 1.807) is 6.20 Å². The molecule has 1 aromatic carbocycles. The largest absolute Gasteiger partial charge is 0.312 e. The van der Waals surface area contributed by atoms with Gasteiger partial charge in [-0.15, -0.1) is 0 Å². The van der Waals surface area contributed by atoms with Crippen LogP contribution in [-0.4, -0.2) is 11.5 Å². The number of aryl methyl sites for hydroxylation is 1. The summed E-state index contributed by atoms with van der Waals surface area (Å²) in [6.07, 6.45) is 4.20. The summed E-state index contributed by atoms with van der Waals surface area (Å²) in [7, 11) is 0. The van der Waals surface area contributed by atoms with Gasteiger partial charge in [0.25, 0.3) is 0 Å². The Kier molecular flexibility index (Phi) is 4.58. The predicted molar refractivity (Wildman–Crippen MR) is 70.7 cm³/mol. The first-order valence-corrected chi connectivity index (χ1v) is 6.20. The molecule has 0 fully saturated rings. The van der Waals surface area contributed by atoms with Crippen LogP contribution in [0.2, 0.25) is 0 Å². The second-order valence-electron chi connectivity index (χ2n) is 4.58. The number of hydrogen-bond donors (Lipinski definition) is 1. The van der Waals surface area contributed by atoms with E-state index in [-0.39, 0.29) is 0 Å². The van der Waals surface area contributed by atoms with Crippen molar-refractivity contribution in [2.45, 2.75) is 19.9 Å². The van der Waals surface area contributed by atoms with Gasteiger partial charge in [-0.3, -0.25) is 4.98 Å². The van der Waals surface area contributed by atoms with Crippen LogP contribution in [0.25, 0.3) is 0 Å². The van der Waals surface area contributed by atoms with Gasteiger partial charge in [0.15, 0.2) is 0 Å². The van der Waals surface area contributed by atoms with E-state index in [2.05, 4.69) is 16.4 Å². The molecule has 1 aromatic heterocycles. The van der Waals surface area contributed by atoms with Crippen molar-refractivity contribution in [3.63, 3.8) is 0 Å². The molecule has 0 aliphatic heterocycles. The fourth-order valence-corrected chi connectivity index (χ4v) is 1.93. The lowest BCUT2D eigenvalue weighted by Gasteiger charge is -2.06. The third kappa shape index (κ3) is 4.41. The smallest absolute Gasteiger partial charge is 0.126 e. The van der Waals surface area contributed by atoms with Crippen LogP contribution in [-0.2, 0) is 13.0 Å². The van der Waals surface area contributed by atoms with Crippen molar-refractivity contribution in [1.29, 1.82) is 0 Å². The van der Waals surface area contributed by atoms with Crippen molar-refractivity contribution in [3.8, 4) is 0 Å². The maximum Gasteiger partial charge on any atom is 0.126 e. The molecule has 0 unspecified atom stereocenters. The molecule has 1 heterocycles. The second-order valence-corrected chi connectivity index (χ2v) is 4.58. The molecule has 0 aliphatic carbocycles. The molecule has 2 rings (SSSR count). The molecule has 0 saturated carbocycles. The van der Waals surface area contributed by atoms with Crippen molar-refractivity contribution in [1.82, 2.24) is 10.3 Å². The molecule has 100 valence electrons. The average molecular weight is 262 g/mol. The van der Waals surface area contributed by atoms with Gasteiger partial charge in [0.2, 0.25) is 0 Å². The van der Waals surface area contributed by atoms with E-state index in [0.29, 0.717) is 25.1 Å². The lowest BCUT2D eigenvalue weighted by Crippen LogP contribution is -2.17. The Balaban J connectivity index is 1.80. The van der Waals surface area contributed by atoms with E-state index in [0.717, 1.165) is 17.2 Å². The summed E-state index contributed by atoms with van der Waals surface area (Å²) in [6.45, 7) is 3.36. The Morgan fingerprint density at radius 3 is 2.42 bits per heavy atom. The van der Waals surface area contributed by atoms with Crippen molar-refractivity contribution < 1.29 is 8.78 Å². The molecule has 0 saturated heterocycles. The fourth-order valence-electron chi connectivity index (χ4n) is 1.93. The summed E-state index contributed by atoms with van der Waals surface area (Å²) in [4.78, 5) is 4.11. The van der Waals surface area contributed by atoms with Crippen LogP contribution in [0.5, 0.6) is 0 Å². The van der Waals surface area contributed by atoms with Gasteiger partial charge in [0, 0.05) is 25.0 Å². The molecule has 0 amide bonds. The van der Waals surface area contributed by atoms with Gasteiger partial charge < -0.3 is 5.32 Å². The summed E-state index contributed by atoms with van der Waals surface area (Å²) in [5, 5.41) is 3.23. The lowest BCUT2D eigenvalue weighted by atomic mass is 10.1. The van der Waals surface area contributed by atoms with Gasteiger partial charge in [-0.25, -0.2) is 8.78 Å². The minimum absolute atomic E-state index is 0.530. The van der Waals surface area contributed by atoms with Gasteiger partial charge in [-0.05, 0) is 48.7 Å². The minimum atomic E-state index is -0.530. The van der Waals surface area contributed by atoms with E-state index in [9.17, 15) is 8.78 Å². The molecule has 0 bridgehead atoms. The van der Waals surface area contributed by atoms with Crippen LogP contribution in [0.15, 0.2) is 36.7 Å². The lowest BCUT2D eigenvalue weighted by molar-refractivity contribution is 0.577. The van der Waals surface area contributed by atoms with Crippen molar-refractivity contribution in [3.05, 3.63) is 65.0 Å². The quantitative estimate of drug-likeness (QED) is 0.838. The molecule has 19 heavy (non-hydrogen) atoms. The predicted octanol–water partition coefficient (Wildman–Crippen LogP) is 3.00. The SMILES string of the molecule is Cc1cncc(CNCCc2cc(F)cc(F)c2)c1. The molecule has 0 atom stereocenters. The Bertz CT molecular complexity index is 535. The first-order chi connectivity index (χ1) is 9.13. The van der Waals surface area contributed by atoms with Crippen LogP contribution in [0.3, 0.4) is 0 Å². The first-order valence-electron chi connectivity index (χ1n) is 6.20. The summed E-state index contributed by atoms with van der Waals surface area (Å²) < 4.78 is 26.0. The number of rotatable bonds is 5. The number of benzene rings is 1. The van der Waals surface area contributed by atoms with Crippen LogP contribution in [0.1, 0.15) is 16.7 Å². The first kappa shape index (κ1) is 13.6. The number of halogens is 2. The zero-order valence-corrected chi connectivity index (χ0v) is 10.8. The topological polar surface area (TPSA) is 24.9 Å². The minimum Gasteiger partial charge on any atom is -0.312 e. The van der Waals surface area contributed by atoms with Gasteiger partial charge in [0.1, 0.15) is 11.6 Å². The Morgan fingerprint density at radius 1 is 1.00 bits per heavy atom. The van der Waals surface area contributed by atoms with Gasteiger partial charge in [0.05, 0.1) is 0 Å². The number of aromatic nitrogens is 1. The van der Waals surface area contributed by atoms with E-state index in [1.807, 2.05) is 13.1 Å². The van der Waals surface area contributed by atoms with Gasteiger partial charge >= 0.3 is 0 Å². The normalized spacial score (nSPS) is 10.7. The molecule has 4 heteroatoms. The third-order valence-corrected chi connectivity index (χ3v) is 2.77. The van der Waals surface area contributed by atoms with E-state index in [1.165, 1.54) is 12.1 Å². The number of nitrogens with one attached hydrogen (secondary N) is 1. The molecule has 2 nitrogen and oxygen atoms in total. The zero-order valence-electron chi connectivity index (χ0n) is 10.8. The van der Waals surface area contributed by atoms with Crippen LogP contribution >= 0.6 is 0 Å². The van der Waals surface area contributed by atoms with Crippen LogP contribution in [0, 0.1) is 18.6 Å². The highest BCUT2D eigenvalue weighted by atomic mass is 19.1. The van der Waals surface area contributed by atoms with E-state index < -0.39 is 11.6 Å². The van der Waals surface area contributed by atoms with Crippen LogP contribution < -0.4 is 5.32 Å². The number of hydrogen-bond acceptors (Lipinski definition) is 2. The summed E-state index contributed by atoms with van der Waals surface area (Å²) in [5.74, 6) is -1.06. The fraction of sp³-hybridized carbons (Fsp3) is 0.267. The maximum atomic E-state index is 13.0. The van der Waals surface area contributed by atoms with Crippen molar-refractivity contribution >= 4 is 0 Å². The van der Waals surface area contributed by atoms with E-state index >= 15 is 0 Å².